The zero-order valence-electron chi connectivity index (χ0n) is 15.9. The number of hydrogen-bond donors (Lipinski definition) is 3. The second-order valence-electron chi connectivity index (χ2n) is 7.35. The molecule has 6 heteroatoms. The molecule has 1 aromatic rings. The fraction of sp³-hybridized carbons (Fsp3) is 0.632. The van der Waals surface area contributed by atoms with Crippen LogP contribution in [0.15, 0.2) is 29.3 Å². The molecular formula is C19H32IN3O2. The van der Waals surface area contributed by atoms with Gasteiger partial charge in [-0.25, -0.2) is 0 Å². The van der Waals surface area contributed by atoms with Gasteiger partial charge in [0.15, 0.2) is 5.96 Å². The SMILES string of the molecule is CCNC(=NCC(C)(O)CC)NC1CC(C)(C)Oc2ccccc21.I. The van der Waals surface area contributed by atoms with Gasteiger partial charge in [0.25, 0.3) is 0 Å². The van der Waals surface area contributed by atoms with E-state index in [0.29, 0.717) is 13.0 Å². The van der Waals surface area contributed by atoms with E-state index in [0.717, 1.165) is 30.2 Å². The Morgan fingerprint density at radius 1 is 1.36 bits per heavy atom. The van der Waals surface area contributed by atoms with E-state index in [9.17, 15) is 5.11 Å². The van der Waals surface area contributed by atoms with Crippen LogP contribution < -0.4 is 15.4 Å². The number of nitrogens with one attached hydrogen (secondary N) is 2. The summed E-state index contributed by atoms with van der Waals surface area (Å²) in [6.45, 7) is 11.2. The first kappa shape index (κ1) is 22.0. The molecule has 1 heterocycles. The lowest BCUT2D eigenvalue weighted by molar-refractivity contribution is 0.0644. The highest BCUT2D eigenvalue weighted by Gasteiger charge is 2.34. The van der Waals surface area contributed by atoms with Crippen LogP contribution in [0.5, 0.6) is 5.75 Å². The maximum atomic E-state index is 10.2. The number of aliphatic hydroxyl groups is 1. The van der Waals surface area contributed by atoms with E-state index in [1.807, 2.05) is 39.0 Å². The Hall–Kier alpha value is -1.02. The Bertz CT molecular complexity index is 588. The standard InChI is InChI=1S/C19H31N3O2.HI/c1-6-19(5,23)13-21-17(20-7-2)22-15-12-18(3,4)24-16-11-9-8-10-14(15)16;/h8-11,15,23H,6-7,12-13H2,1-5H3,(H2,20,21,22);1H. The summed E-state index contributed by atoms with van der Waals surface area (Å²) in [5, 5.41) is 17.0. The minimum Gasteiger partial charge on any atom is -0.487 e. The first-order valence-corrected chi connectivity index (χ1v) is 8.81. The van der Waals surface area contributed by atoms with Crippen LogP contribution in [0.1, 0.15) is 59.1 Å². The minimum atomic E-state index is -0.783. The van der Waals surface area contributed by atoms with Crippen LogP contribution in [0.25, 0.3) is 0 Å². The molecular weight excluding hydrogens is 429 g/mol. The van der Waals surface area contributed by atoms with Crippen molar-refractivity contribution in [1.82, 2.24) is 10.6 Å². The monoisotopic (exact) mass is 461 g/mol. The molecule has 3 N–H and O–H groups in total. The summed E-state index contributed by atoms with van der Waals surface area (Å²) in [7, 11) is 0. The topological polar surface area (TPSA) is 65.9 Å². The van der Waals surface area contributed by atoms with E-state index in [4.69, 9.17) is 4.74 Å². The summed E-state index contributed by atoms with van der Waals surface area (Å²) in [6.07, 6.45) is 1.52. The van der Waals surface area contributed by atoms with Crippen molar-refractivity contribution in [3.8, 4) is 5.75 Å². The van der Waals surface area contributed by atoms with Gasteiger partial charge >= 0.3 is 0 Å². The smallest absolute Gasteiger partial charge is 0.191 e. The molecule has 25 heavy (non-hydrogen) atoms. The van der Waals surface area contributed by atoms with Crippen molar-refractivity contribution in [2.24, 2.45) is 4.99 Å². The van der Waals surface area contributed by atoms with Crippen LogP contribution in [-0.4, -0.2) is 35.4 Å². The molecule has 0 amide bonds. The number of rotatable bonds is 5. The zero-order chi connectivity index (χ0) is 17.8. The van der Waals surface area contributed by atoms with E-state index in [1.54, 1.807) is 0 Å². The molecule has 2 rings (SSSR count). The molecule has 1 aliphatic heterocycles. The van der Waals surface area contributed by atoms with Gasteiger partial charge in [-0.1, -0.05) is 25.1 Å². The molecule has 1 aliphatic rings. The fourth-order valence-corrected chi connectivity index (χ4v) is 2.78. The lowest BCUT2D eigenvalue weighted by Gasteiger charge is -2.38. The van der Waals surface area contributed by atoms with Gasteiger partial charge in [0.2, 0.25) is 0 Å². The Kier molecular flexibility index (Phi) is 7.99. The van der Waals surface area contributed by atoms with Crippen LogP contribution in [0.3, 0.4) is 0 Å². The third-order valence-electron chi connectivity index (χ3n) is 4.37. The maximum absolute atomic E-state index is 10.2. The van der Waals surface area contributed by atoms with Gasteiger partial charge in [-0.15, -0.1) is 24.0 Å². The molecule has 0 saturated heterocycles. The summed E-state index contributed by atoms with van der Waals surface area (Å²) < 4.78 is 6.08. The molecule has 0 fully saturated rings. The highest BCUT2D eigenvalue weighted by molar-refractivity contribution is 14.0. The van der Waals surface area contributed by atoms with Gasteiger partial charge in [0.1, 0.15) is 11.4 Å². The van der Waals surface area contributed by atoms with Crippen molar-refractivity contribution < 1.29 is 9.84 Å². The molecule has 1 aromatic carbocycles. The number of benzene rings is 1. The van der Waals surface area contributed by atoms with E-state index in [-0.39, 0.29) is 35.6 Å². The molecule has 0 spiro atoms. The van der Waals surface area contributed by atoms with E-state index in [2.05, 4.69) is 35.5 Å². The maximum Gasteiger partial charge on any atom is 0.191 e. The third kappa shape index (κ3) is 6.33. The van der Waals surface area contributed by atoms with E-state index < -0.39 is 5.60 Å². The predicted octanol–water partition coefficient (Wildman–Crippen LogP) is 3.62. The number of fused-ring (bicyclic) bond motifs is 1. The summed E-state index contributed by atoms with van der Waals surface area (Å²) in [5.41, 5.74) is 0.123. The Morgan fingerprint density at radius 3 is 2.68 bits per heavy atom. The predicted molar refractivity (Wildman–Crippen MR) is 114 cm³/mol. The zero-order valence-corrected chi connectivity index (χ0v) is 18.3. The van der Waals surface area contributed by atoms with Crippen LogP contribution in [0, 0.1) is 0 Å². The number of para-hydroxylation sites is 1. The van der Waals surface area contributed by atoms with Gasteiger partial charge in [0, 0.05) is 18.5 Å². The molecule has 0 aromatic heterocycles. The summed E-state index contributed by atoms with van der Waals surface area (Å²) in [5.74, 6) is 1.64. The molecule has 0 bridgehead atoms. The molecule has 5 nitrogen and oxygen atoms in total. The van der Waals surface area contributed by atoms with Crippen LogP contribution in [0.2, 0.25) is 0 Å². The van der Waals surface area contributed by atoms with Crippen LogP contribution in [0.4, 0.5) is 0 Å². The fourth-order valence-electron chi connectivity index (χ4n) is 2.78. The van der Waals surface area contributed by atoms with Crippen LogP contribution >= 0.6 is 24.0 Å². The van der Waals surface area contributed by atoms with E-state index in [1.165, 1.54) is 0 Å². The van der Waals surface area contributed by atoms with Gasteiger partial charge in [-0.2, -0.15) is 0 Å². The molecule has 0 aliphatic carbocycles. The number of aliphatic imine (C=N–C) groups is 1. The van der Waals surface area contributed by atoms with Gasteiger partial charge in [-0.3, -0.25) is 4.99 Å². The van der Waals surface area contributed by atoms with Gasteiger partial charge in [-0.05, 0) is 40.2 Å². The second kappa shape index (κ2) is 9.07. The number of hydrogen-bond acceptors (Lipinski definition) is 3. The van der Waals surface area contributed by atoms with Crippen molar-refractivity contribution in [3.05, 3.63) is 29.8 Å². The molecule has 2 atom stereocenters. The summed E-state index contributed by atoms with van der Waals surface area (Å²) >= 11 is 0. The number of guanidine groups is 1. The first-order chi connectivity index (χ1) is 11.3. The average Bonchev–Trinajstić information content (AvgIpc) is 2.52. The molecule has 2 unspecified atom stereocenters. The quantitative estimate of drug-likeness (QED) is 0.356. The van der Waals surface area contributed by atoms with Crippen molar-refractivity contribution in [2.45, 2.75) is 64.7 Å². The summed E-state index contributed by atoms with van der Waals surface area (Å²) in [4.78, 5) is 4.57. The third-order valence-corrected chi connectivity index (χ3v) is 4.37. The average molecular weight is 461 g/mol. The normalized spacial score (nSPS) is 21.2. The Morgan fingerprint density at radius 2 is 2.04 bits per heavy atom. The van der Waals surface area contributed by atoms with Crippen molar-refractivity contribution >= 4 is 29.9 Å². The largest absolute Gasteiger partial charge is 0.487 e. The lowest BCUT2D eigenvalue weighted by atomic mass is 9.90. The van der Waals surface area contributed by atoms with Crippen molar-refractivity contribution in [3.63, 3.8) is 0 Å². The number of nitrogens with zero attached hydrogens (tertiary/aromatic N) is 1. The van der Waals surface area contributed by atoms with Crippen molar-refractivity contribution in [1.29, 1.82) is 0 Å². The number of halogens is 1. The van der Waals surface area contributed by atoms with E-state index >= 15 is 0 Å². The molecule has 0 radical (unpaired) electrons. The van der Waals surface area contributed by atoms with Gasteiger partial charge in [0.05, 0.1) is 18.2 Å². The van der Waals surface area contributed by atoms with Crippen LogP contribution in [-0.2, 0) is 0 Å². The highest BCUT2D eigenvalue weighted by atomic mass is 127. The summed E-state index contributed by atoms with van der Waals surface area (Å²) in [6, 6.07) is 8.25. The minimum absolute atomic E-state index is 0. The highest BCUT2D eigenvalue weighted by Crippen LogP contribution is 2.39. The second-order valence-corrected chi connectivity index (χ2v) is 7.35. The number of ether oxygens (including phenoxy) is 1. The first-order valence-electron chi connectivity index (χ1n) is 8.81. The van der Waals surface area contributed by atoms with Crippen molar-refractivity contribution in [2.75, 3.05) is 13.1 Å². The Balaban J connectivity index is 0.00000312. The van der Waals surface area contributed by atoms with Gasteiger partial charge < -0.3 is 20.5 Å². The Labute approximate surface area is 168 Å². The lowest BCUT2D eigenvalue weighted by Crippen LogP contribution is -2.46. The molecule has 0 saturated carbocycles. The molecule has 142 valence electrons.